The van der Waals surface area contributed by atoms with Gasteiger partial charge in [0, 0.05) is 98.3 Å². The van der Waals surface area contributed by atoms with Crippen molar-refractivity contribution in [3.63, 3.8) is 0 Å². The molecule has 30 rings (SSSR count). The quantitative estimate of drug-likeness (QED) is 0.152. The van der Waals surface area contributed by atoms with Crippen molar-refractivity contribution in [3.8, 4) is 17.4 Å². The molecule has 0 N–H and O–H groups in total. The molecule has 0 spiro atoms. The zero-order valence-corrected chi connectivity index (χ0v) is 76.1. The summed E-state index contributed by atoms with van der Waals surface area (Å²) in [5.74, 6) is 27.6. The molecule has 0 aliphatic carbocycles. The fourth-order valence-corrected chi connectivity index (χ4v) is 24.6. The van der Waals surface area contributed by atoms with Crippen molar-refractivity contribution in [1.29, 1.82) is 5.26 Å². The molecule has 3 saturated heterocycles. The second kappa shape index (κ2) is 32.7. The van der Waals surface area contributed by atoms with E-state index in [-0.39, 0.29) is 83.8 Å². The van der Waals surface area contributed by atoms with Crippen LogP contribution in [0.3, 0.4) is 0 Å². The highest BCUT2D eigenvalue weighted by Gasteiger charge is 2.54. The van der Waals surface area contributed by atoms with Gasteiger partial charge in [-0.2, -0.15) is 5.26 Å². The molecule has 139 heavy (non-hydrogen) atoms. The molecule has 7 aromatic heterocycles. The molecule has 0 bridgehead atoms. The van der Waals surface area contributed by atoms with Crippen LogP contribution in [0.5, 0.6) is 0 Å². The van der Waals surface area contributed by atoms with E-state index < -0.39 is 0 Å². The number of allylic oxidation sites excluding steroid dienone is 24. The molecule has 15 aliphatic rings. The van der Waals surface area contributed by atoms with E-state index in [4.69, 9.17) is 14.4 Å². The lowest BCUT2D eigenvalue weighted by molar-refractivity contribution is 0.620. The summed E-state index contributed by atoms with van der Waals surface area (Å²) in [5.41, 5.74) is 17.1. The number of pyridine rings is 2. The van der Waals surface area contributed by atoms with Gasteiger partial charge in [0.25, 0.3) is 0 Å². The van der Waals surface area contributed by atoms with E-state index >= 15 is 0 Å². The Morgan fingerprint density at radius 1 is 0.281 bits per heavy atom. The normalized spacial score (nSPS) is 18.0. The third-order valence-corrected chi connectivity index (χ3v) is 30.7. The lowest BCUT2D eigenvalue weighted by atomic mass is 9.41. The number of nitrogens with zero attached hydrogens (tertiary/aromatic N) is 18. The Morgan fingerprint density at radius 2 is 0.647 bits per heavy atom. The van der Waals surface area contributed by atoms with Gasteiger partial charge in [-0.25, -0.2) is 9.97 Å². The van der Waals surface area contributed by atoms with Crippen molar-refractivity contribution < 1.29 is 4.42 Å². The van der Waals surface area contributed by atoms with Crippen LogP contribution in [0.4, 0.5) is 0 Å². The molecule has 8 aromatic carbocycles. The van der Waals surface area contributed by atoms with Crippen LogP contribution < -0.4 is 0 Å². The number of thiophene rings is 1. The summed E-state index contributed by atoms with van der Waals surface area (Å²) in [4.78, 5) is 9.64. The molecule has 0 unspecified atom stereocenters. The smallest absolute Gasteiger partial charge is 0.382 e. The largest absolute Gasteiger partial charge is 0.455 e. The van der Waals surface area contributed by atoms with Crippen LogP contribution in [0.25, 0.3) is 136 Å². The fourth-order valence-electron chi connectivity index (χ4n) is 23.3. The van der Waals surface area contributed by atoms with E-state index in [0.29, 0.717) is 5.57 Å². The van der Waals surface area contributed by atoms with Crippen LogP contribution in [0.2, 0.25) is 0 Å². The van der Waals surface area contributed by atoms with Gasteiger partial charge in [-0.1, -0.05) is 230 Å². The van der Waals surface area contributed by atoms with Gasteiger partial charge in [0.05, 0.1) is 27.6 Å². The van der Waals surface area contributed by atoms with E-state index in [1.54, 1.807) is 0 Å². The SMILES string of the molecule is C1=CB2N(C=C1)B1C=CC=CN1B1C=C(c3cccc4c3oc3ccc(-n5c6ccccc6c6cccnc65)cc34)C=CN1B1C=CC=CN21.C1=CB2N(C=C1)B1C=CC=CN1B1C=C(c3cccc4c3sc3ccc(-n5c6ccccc6c6cccnc65)cc34)C=CN1B1C=CC=CN21.N#CC1=CN2B(C=C1)N1C=CC=CB1N1C=CC(n3c4ccccc4c4ccccc43)=CB1N1C=CC=CB12. The predicted octanol–water partition coefficient (Wildman–Crippen LogP) is 20.2. The first-order chi connectivity index (χ1) is 68.9. The zero-order chi connectivity index (χ0) is 91.4. The van der Waals surface area contributed by atoms with Crippen LogP contribution in [0.1, 0.15) is 11.1 Å². The molecule has 15 aliphatic heterocycles. The maximum Gasteiger partial charge on any atom is 0.382 e. The molecule has 0 atom stereocenters. The predicted molar refractivity (Wildman–Crippen MR) is 585 cm³/mol. The van der Waals surface area contributed by atoms with E-state index in [1.807, 2.05) is 48.1 Å². The van der Waals surface area contributed by atoms with Crippen LogP contribution in [0.15, 0.2) is 484 Å². The second-order valence-electron chi connectivity index (χ2n) is 36.7. The van der Waals surface area contributed by atoms with Crippen molar-refractivity contribution in [2.75, 3.05) is 0 Å². The van der Waals surface area contributed by atoms with E-state index in [2.05, 4.69) is 514 Å². The van der Waals surface area contributed by atoms with Gasteiger partial charge < -0.3 is 65.6 Å². The van der Waals surface area contributed by atoms with E-state index in [9.17, 15) is 5.26 Å². The topological polar surface area (TPSA) is 116 Å². The van der Waals surface area contributed by atoms with E-state index in [1.165, 1.54) is 74.8 Å². The third kappa shape index (κ3) is 12.9. The van der Waals surface area contributed by atoms with E-state index in [0.717, 1.165) is 72.3 Å². The Kier molecular flexibility index (Phi) is 19.0. The maximum absolute atomic E-state index is 9.73. The number of benzene rings is 8. The lowest BCUT2D eigenvalue weighted by Crippen LogP contribution is -2.73. The highest BCUT2D eigenvalue weighted by molar-refractivity contribution is 7.26. The summed E-state index contributed by atoms with van der Waals surface area (Å²) in [6, 6.07) is 71.8. The number of aromatic nitrogens is 5. The fraction of sp³-hybridized carbons (Fsp3) is 0. The average molecular weight is 1790 g/mol. The summed E-state index contributed by atoms with van der Waals surface area (Å²) >= 11 is 1.88. The summed E-state index contributed by atoms with van der Waals surface area (Å²) in [6.45, 7) is 0.200. The molecule has 22 heterocycles. The Bertz CT molecular complexity index is 8070. The van der Waals surface area contributed by atoms with Crippen LogP contribution >= 0.6 is 11.3 Å². The van der Waals surface area contributed by atoms with Crippen LogP contribution in [0, 0.1) is 11.3 Å². The molecule has 32 heteroatoms. The number of hydrogen-bond acceptors (Lipinski definition) is 17. The number of fused-ring (bicyclic) bond motifs is 39. The minimum Gasteiger partial charge on any atom is -0.455 e. The number of para-hydroxylation sites is 5. The molecule has 19 nitrogen and oxygen atoms in total. The molecule has 15 aromatic rings. The van der Waals surface area contributed by atoms with Gasteiger partial charge in [0.1, 0.15) is 28.5 Å². The van der Waals surface area contributed by atoms with Gasteiger partial charge in [-0.05, 0) is 249 Å². The number of nitriles is 1. The molecule has 3 fully saturated rings. The first-order valence-corrected chi connectivity index (χ1v) is 48.5. The summed E-state index contributed by atoms with van der Waals surface area (Å²) in [5, 5.41) is 21.7. The molecule has 0 amide bonds. The molecule has 0 saturated carbocycles. The number of hydrogen-bond donors (Lipinski definition) is 0. The standard InChI is InChI=1S/C39H28B4N6O.C39H28B4N6S.C29H22B4N6/c2*1-2-15-36-32(11-1)34-14-10-22-44-39(34)49(36)30-16-17-37-35(27-30)33-13-9-12-31(38(33)50-37)29-18-26-48-42-21-4-7-24-46(42)40-19-3-6-23-45(40)41-20-5-8-25-47(41)43(48)28-29;34-22-24-13-17-32-35-18-7-5-15-30(35)37-20-14-25(21-33(37)36-19-8-6-16-31(36)38(32)23-24)39-28-11-3-1-9-26(28)27-10-2-4-12-29(27)39/h2*1-28H;1-21,23H. The van der Waals surface area contributed by atoms with Crippen molar-refractivity contribution in [2.24, 2.45) is 0 Å². The van der Waals surface area contributed by atoms with Gasteiger partial charge in [0.15, 0.2) is 0 Å². The highest BCUT2D eigenvalue weighted by atomic mass is 32.1. The summed E-state index contributed by atoms with van der Waals surface area (Å²) in [7, 11) is 0. The van der Waals surface area contributed by atoms with Crippen LogP contribution in [-0.4, -0.2) is 164 Å². The van der Waals surface area contributed by atoms with Gasteiger partial charge in [0.2, 0.25) is 0 Å². The molecular formula is C107H78B12N18OS. The molecular weight excluding hydrogens is 1720 g/mol. The zero-order valence-electron chi connectivity index (χ0n) is 75.3. The first-order valence-electron chi connectivity index (χ1n) is 47.6. The minimum atomic E-state index is -0.0665. The third-order valence-electron chi connectivity index (χ3n) is 29.5. The summed E-state index contributed by atoms with van der Waals surface area (Å²) < 4.78 is 45.4. The van der Waals surface area contributed by atoms with Gasteiger partial charge in [-0.3, -0.25) is 9.13 Å². The maximum atomic E-state index is 9.73. The molecule has 644 valence electrons. The lowest BCUT2D eigenvalue weighted by Gasteiger charge is -2.53. The number of rotatable bonds is 5. The van der Waals surface area contributed by atoms with Crippen molar-refractivity contribution in [1.82, 2.24) is 80.3 Å². The van der Waals surface area contributed by atoms with Crippen molar-refractivity contribution in [3.05, 3.63) is 491 Å². The Labute approximate surface area is 812 Å². The first kappa shape index (κ1) is 80.6. The minimum absolute atomic E-state index is 0.00152. The van der Waals surface area contributed by atoms with Crippen molar-refractivity contribution >= 4 is 220 Å². The Hall–Kier alpha value is -16.9. The average Bonchev–Trinajstić information content (AvgIpc) is 1.64. The highest BCUT2D eigenvalue weighted by Crippen LogP contribution is 2.46. The second-order valence-corrected chi connectivity index (χ2v) is 37.8. The number of furan rings is 1. The Morgan fingerprint density at radius 3 is 1.12 bits per heavy atom. The summed E-state index contributed by atoms with van der Waals surface area (Å²) in [6.07, 6.45) is 73.2. The van der Waals surface area contributed by atoms with Crippen LogP contribution in [-0.2, 0) is 0 Å². The monoisotopic (exact) mass is 1790 g/mol. The Balaban J connectivity index is 0.000000104. The van der Waals surface area contributed by atoms with Gasteiger partial charge in [-0.15, -0.1) is 11.3 Å². The molecule has 0 radical (unpaired) electrons. The van der Waals surface area contributed by atoms with Crippen molar-refractivity contribution in [2.45, 2.75) is 0 Å². The van der Waals surface area contributed by atoms with Gasteiger partial charge >= 0.3 is 83.8 Å².